The molecule has 0 bridgehead atoms. The van der Waals surface area contributed by atoms with Crippen molar-refractivity contribution in [1.29, 1.82) is 0 Å². The SMILES string of the molecule is CN(CCC(F)(F)F)c1ccc(/C=C/C(=O)O)cn1. The summed E-state index contributed by atoms with van der Waals surface area (Å²) in [6.07, 6.45) is -1.39. The van der Waals surface area contributed by atoms with Crippen molar-refractivity contribution in [2.45, 2.75) is 12.6 Å². The van der Waals surface area contributed by atoms with Crippen LogP contribution in [0.15, 0.2) is 24.4 Å². The van der Waals surface area contributed by atoms with Crippen LogP contribution in [0, 0.1) is 0 Å². The number of aliphatic carboxylic acids is 1. The Morgan fingerprint density at radius 1 is 1.47 bits per heavy atom. The van der Waals surface area contributed by atoms with Crippen molar-refractivity contribution in [1.82, 2.24) is 4.98 Å². The number of aromatic nitrogens is 1. The van der Waals surface area contributed by atoms with E-state index in [-0.39, 0.29) is 6.54 Å². The second-order valence-electron chi connectivity index (χ2n) is 3.91. The fraction of sp³-hybridized carbons (Fsp3) is 0.333. The zero-order chi connectivity index (χ0) is 14.5. The van der Waals surface area contributed by atoms with Crippen LogP contribution in [0.4, 0.5) is 19.0 Å². The van der Waals surface area contributed by atoms with E-state index in [2.05, 4.69) is 4.98 Å². The number of halogens is 3. The first-order chi connectivity index (χ1) is 8.78. The lowest BCUT2D eigenvalue weighted by Gasteiger charge is -2.18. The van der Waals surface area contributed by atoms with Crippen molar-refractivity contribution < 1.29 is 23.1 Å². The Bertz CT molecular complexity index is 455. The first kappa shape index (κ1) is 15.0. The zero-order valence-electron chi connectivity index (χ0n) is 10.2. The number of carbonyl (C=O) groups is 1. The standard InChI is InChI=1S/C12H13F3N2O2/c1-17(7-6-12(13,14)15)10-4-2-9(8-16-10)3-5-11(18)19/h2-5,8H,6-7H2,1H3,(H,18,19)/b5-3+. The third kappa shape index (κ3) is 5.89. The van der Waals surface area contributed by atoms with Gasteiger partial charge < -0.3 is 10.0 Å². The van der Waals surface area contributed by atoms with Gasteiger partial charge in [-0.3, -0.25) is 0 Å². The van der Waals surface area contributed by atoms with E-state index in [0.717, 1.165) is 6.08 Å². The number of carboxylic acid groups (broad SMARTS) is 1. The molecule has 1 N–H and O–H groups in total. The lowest BCUT2D eigenvalue weighted by molar-refractivity contribution is -0.132. The lowest BCUT2D eigenvalue weighted by Crippen LogP contribution is -2.24. The summed E-state index contributed by atoms with van der Waals surface area (Å²) in [6, 6.07) is 3.13. The Kier molecular flexibility index (Phi) is 4.91. The third-order valence-corrected chi connectivity index (χ3v) is 2.31. The Morgan fingerprint density at radius 2 is 2.16 bits per heavy atom. The molecule has 0 radical (unpaired) electrons. The smallest absolute Gasteiger partial charge is 0.390 e. The summed E-state index contributed by atoms with van der Waals surface area (Å²) >= 11 is 0. The van der Waals surface area contributed by atoms with Crippen LogP contribution in [-0.4, -0.2) is 35.8 Å². The Hall–Kier alpha value is -2.05. The van der Waals surface area contributed by atoms with Gasteiger partial charge in [0.1, 0.15) is 5.82 Å². The summed E-state index contributed by atoms with van der Waals surface area (Å²) in [6.45, 7) is -0.180. The van der Waals surface area contributed by atoms with E-state index in [4.69, 9.17) is 5.11 Å². The van der Waals surface area contributed by atoms with Crippen LogP contribution in [0.5, 0.6) is 0 Å². The van der Waals surface area contributed by atoms with E-state index in [1.54, 1.807) is 6.07 Å². The predicted molar refractivity (Wildman–Crippen MR) is 64.8 cm³/mol. The van der Waals surface area contributed by atoms with Gasteiger partial charge in [-0.05, 0) is 23.8 Å². The molecule has 0 saturated carbocycles. The van der Waals surface area contributed by atoms with E-state index < -0.39 is 18.6 Å². The maximum atomic E-state index is 12.1. The highest BCUT2D eigenvalue weighted by Crippen LogP contribution is 2.21. The number of carboxylic acids is 1. The second-order valence-corrected chi connectivity index (χ2v) is 3.91. The molecule has 0 amide bonds. The van der Waals surface area contributed by atoms with Gasteiger partial charge >= 0.3 is 12.1 Å². The quantitative estimate of drug-likeness (QED) is 0.838. The van der Waals surface area contributed by atoms with E-state index >= 15 is 0 Å². The van der Waals surface area contributed by atoms with E-state index in [1.165, 1.54) is 30.3 Å². The highest BCUT2D eigenvalue weighted by atomic mass is 19.4. The van der Waals surface area contributed by atoms with Crippen molar-refractivity contribution in [3.05, 3.63) is 30.0 Å². The monoisotopic (exact) mass is 274 g/mol. The largest absolute Gasteiger partial charge is 0.478 e. The van der Waals surface area contributed by atoms with Crippen LogP contribution in [-0.2, 0) is 4.79 Å². The van der Waals surface area contributed by atoms with Gasteiger partial charge in [0.2, 0.25) is 0 Å². The van der Waals surface area contributed by atoms with Gasteiger partial charge in [-0.2, -0.15) is 13.2 Å². The van der Waals surface area contributed by atoms with Crippen LogP contribution >= 0.6 is 0 Å². The highest BCUT2D eigenvalue weighted by Gasteiger charge is 2.27. The maximum absolute atomic E-state index is 12.1. The van der Waals surface area contributed by atoms with Gasteiger partial charge in [0, 0.05) is 25.9 Å². The predicted octanol–water partition coefficient (Wildman–Crippen LogP) is 2.57. The summed E-state index contributed by atoms with van der Waals surface area (Å²) in [7, 11) is 1.51. The van der Waals surface area contributed by atoms with Crippen LogP contribution in [0.25, 0.3) is 6.08 Å². The summed E-state index contributed by atoms with van der Waals surface area (Å²) in [4.78, 5) is 15.7. The number of alkyl halides is 3. The lowest BCUT2D eigenvalue weighted by atomic mass is 10.2. The second kappa shape index (κ2) is 6.21. The average Bonchev–Trinajstić information content (AvgIpc) is 2.33. The Morgan fingerprint density at radius 3 is 2.63 bits per heavy atom. The summed E-state index contributed by atoms with van der Waals surface area (Å²) < 4.78 is 36.2. The molecule has 1 aromatic heterocycles. The fourth-order valence-corrected chi connectivity index (χ4v) is 1.30. The molecule has 7 heteroatoms. The number of hydrogen-bond acceptors (Lipinski definition) is 3. The van der Waals surface area contributed by atoms with E-state index in [9.17, 15) is 18.0 Å². The molecule has 0 fully saturated rings. The number of anilines is 1. The van der Waals surface area contributed by atoms with Gasteiger partial charge in [-0.25, -0.2) is 9.78 Å². The van der Waals surface area contributed by atoms with Crippen LogP contribution in [0.1, 0.15) is 12.0 Å². The minimum atomic E-state index is -4.20. The van der Waals surface area contributed by atoms with Crippen molar-refractivity contribution in [2.75, 3.05) is 18.5 Å². The molecule has 1 heterocycles. The molecular weight excluding hydrogens is 261 g/mol. The molecule has 0 aliphatic heterocycles. The number of nitrogens with zero attached hydrogens (tertiary/aromatic N) is 2. The van der Waals surface area contributed by atoms with Crippen LogP contribution < -0.4 is 4.90 Å². The molecule has 0 aromatic carbocycles. The molecule has 1 aromatic rings. The highest BCUT2D eigenvalue weighted by molar-refractivity contribution is 5.85. The van der Waals surface area contributed by atoms with Gasteiger partial charge in [-0.1, -0.05) is 0 Å². The van der Waals surface area contributed by atoms with Crippen molar-refractivity contribution in [3.8, 4) is 0 Å². The Balaban J connectivity index is 2.63. The molecule has 0 spiro atoms. The van der Waals surface area contributed by atoms with E-state index in [0.29, 0.717) is 11.4 Å². The van der Waals surface area contributed by atoms with Gasteiger partial charge in [0.15, 0.2) is 0 Å². The first-order valence-corrected chi connectivity index (χ1v) is 5.43. The number of hydrogen-bond donors (Lipinski definition) is 1. The molecule has 4 nitrogen and oxygen atoms in total. The summed E-state index contributed by atoms with van der Waals surface area (Å²) in [5.74, 6) is -0.678. The summed E-state index contributed by atoms with van der Waals surface area (Å²) in [5, 5.41) is 8.44. The normalized spacial score (nSPS) is 11.8. The van der Waals surface area contributed by atoms with Gasteiger partial charge in [0.05, 0.1) is 6.42 Å². The number of rotatable bonds is 5. The first-order valence-electron chi connectivity index (χ1n) is 5.43. The third-order valence-electron chi connectivity index (χ3n) is 2.31. The maximum Gasteiger partial charge on any atom is 0.390 e. The minimum Gasteiger partial charge on any atom is -0.478 e. The molecule has 1 rings (SSSR count). The molecule has 0 aliphatic carbocycles. The fourth-order valence-electron chi connectivity index (χ4n) is 1.30. The molecule has 19 heavy (non-hydrogen) atoms. The molecule has 104 valence electrons. The molecule has 0 aliphatic rings. The molecular formula is C12H13F3N2O2. The Labute approximate surface area is 108 Å². The van der Waals surface area contributed by atoms with Crippen LogP contribution in [0.2, 0.25) is 0 Å². The van der Waals surface area contributed by atoms with Crippen molar-refractivity contribution in [2.24, 2.45) is 0 Å². The topological polar surface area (TPSA) is 53.4 Å². The van der Waals surface area contributed by atoms with E-state index in [1.807, 2.05) is 0 Å². The number of pyridine rings is 1. The molecule has 0 atom stereocenters. The van der Waals surface area contributed by atoms with Crippen molar-refractivity contribution >= 4 is 17.9 Å². The zero-order valence-corrected chi connectivity index (χ0v) is 10.2. The van der Waals surface area contributed by atoms with Gasteiger partial charge in [-0.15, -0.1) is 0 Å². The van der Waals surface area contributed by atoms with Crippen molar-refractivity contribution in [3.63, 3.8) is 0 Å². The average molecular weight is 274 g/mol. The van der Waals surface area contributed by atoms with Crippen LogP contribution in [0.3, 0.4) is 0 Å². The minimum absolute atomic E-state index is 0.180. The molecule has 0 unspecified atom stereocenters. The van der Waals surface area contributed by atoms with Gasteiger partial charge in [0.25, 0.3) is 0 Å². The molecule has 0 saturated heterocycles. The summed E-state index contributed by atoms with van der Waals surface area (Å²) in [5.41, 5.74) is 0.565.